The molecule has 0 aliphatic heterocycles. The van der Waals surface area contributed by atoms with Gasteiger partial charge in [0.15, 0.2) is 23.0 Å². The minimum absolute atomic E-state index is 0.351. The molecular weight excluding hydrogens is 789 g/mol. The molecule has 0 atom stereocenters. The summed E-state index contributed by atoms with van der Waals surface area (Å²) in [5.74, 6) is -9.52. The molecule has 0 spiro atoms. The zero-order valence-electron chi connectivity index (χ0n) is 32.4. The van der Waals surface area contributed by atoms with Crippen LogP contribution < -0.4 is 9.80 Å². The number of aromatic hydroxyl groups is 10. The predicted octanol–water partition coefficient (Wildman–Crippen LogP) is 11.3. The lowest BCUT2D eigenvalue weighted by atomic mass is 9.98. The van der Waals surface area contributed by atoms with Crippen molar-refractivity contribution in [2.45, 2.75) is 0 Å². The van der Waals surface area contributed by atoms with Gasteiger partial charge in [-0.3, -0.25) is 0 Å². The lowest BCUT2D eigenvalue weighted by Gasteiger charge is -2.29. The number of anilines is 6. The van der Waals surface area contributed by atoms with E-state index in [0.717, 1.165) is 43.8 Å². The molecule has 0 saturated carbocycles. The summed E-state index contributed by atoms with van der Waals surface area (Å²) in [6, 6.07) is 48.0. The number of phenols is 10. The van der Waals surface area contributed by atoms with E-state index in [1.807, 2.05) is 109 Å². The van der Waals surface area contributed by atoms with Crippen LogP contribution in [0.2, 0.25) is 0 Å². The van der Waals surface area contributed by atoms with Crippen molar-refractivity contribution < 1.29 is 51.1 Å². The Morgan fingerprint density at radius 3 is 0.935 bits per heavy atom. The number of fused-ring (bicyclic) bond motifs is 2. The van der Waals surface area contributed by atoms with Crippen LogP contribution in [0.15, 0.2) is 158 Å². The molecule has 12 heteroatoms. The second-order valence-corrected chi connectivity index (χ2v) is 14.5. The SMILES string of the molecule is Oc1c(O)c(O)c(N(c2ccc(-c3cccc(-c4ccc(N(c5c(O)c(O)c(O)c(O)c5O)c5cccc6ccccc56)cc4)c3)cc2)c2cccc3ccccc23)c(O)c1O. The lowest BCUT2D eigenvalue weighted by Crippen LogP contribution is -2.11. The monoisotopic (exact) mass is 824 g/mol. The first kappa shape index (κ1) is 38.6. The summed E-state index contributed by atoms with van der Waals surface area (Å²) in [5.41, 5.74) is 4.45. The van der Waals surface area contributed by atoms with Crippen LogP contribution in [0, 0.1) is 0 Å². The van der Waals surface area contributed by atoms with Crippen LogP contribution in [-0.4, -0.2) is 51.1 Å². The predicted molar refractivity (Wildman–Crippen MR) is 238 cm³/mol. The third-order valence-corrected chi connectivity index (χ3v) is 10.9. The first-order chi connectivity index (χ1) is 29.9. The molecule has 0 radical (unpaired) electrons. The molecule has 0 bridgehead atoms. The fourth-order valence-corrected chi connectivity index (χ4v) is 7.84. The van der Waals surface area contributed by atoms with Gasteiger partial charge in [-0.05, 0) is 75.5 Å². The van der Waals surface area contributed by atoms with E-state index in [1.165, 1.54) is 9.80 Å². The molecule has 0 aliphatic carbocycles. The summed E-state index contributed by atoms with van der Waals surface area (Å²) < 4.78 is 0. The van der Waals surface area contributed by atoms with Gasteiger partial charge >= 0.3 is 0 Å². The molecule has 0 fully saturated rings. The second kappa shape index (κ2) is 15.0. The van der Waals surface area contributed by atoms with Gasteiger partial charge < -0.3 is 60.9 Å². The third-order valence-electron chi connectivity index (χ3n) is 10.9. The Balaban J connectivity index is 1.10. The molecule has 12 nitrogen and oxygen atoms in total. The van der Waals surface area contributed by atoms with Crippen molar-refractivity contribution in [3.05, 3.63) is 158 Å². The van der Waals surface area contributed by atoms with Gasteiger partial charge in [0, 0.05) is 22.1 Å². The Bertz CT molecular complexity index is 2930. The Kier molecular flexibility index (Phi) is 9.37. The van der Waals surface area contributed by atoms with Crippen LogP contribution in [0.4, 0.5) is 34.1 Å². The average Bonchev–Trinajstić information content (AvgIpc) is 3.31. The Morgan fingerprint density at radius 1 is 0.258 bits per heavy atom. The molecule has 306 valence electrons. The van der Waals surface area contributed by atoms with E-state index < -0.39 is 57.5 Å². The van der Waals surface area contributed by atoms with Gasteiger partial charge in [0.2, 0.25) is 34.5 Å². The van der Waals surface area contributed by atoms with E-state index in [2.05, 4.69) is 0 Å². The van der Waals surface area contributed by atoms with E-state index in [1.54, 1.807) is 48.5 Å². The maximum atomic E-state index is 11.1. The highest BCUT2D eigenvalue weighted by Crippen LogP contribution is 2.60. The number of rotatable bonds is 8. The molecule has 0 aromatic heterocycles. The molecule has 0 heterocycles. The van der Waals surface area contributed by atoms with Crippen LogP contribution in [0.5, 0.6) is 57.5 Å². The van der Waals surface area contributed by atoms with E-state index in [9.17, 15) is 51.1 Å². The van der Waals surface area contributed by atoms with Crippen LogP contribution in [0.25, 0.3) is 43.8 Å². The van der Waals surface area contributed by atoms with Gasteiger partial charge in [-0.15, -0.1) is 0 Å². The fraction of sp³-hybridized carbons (Fsp3) is 0. The summed E-state index contributed by atoms with van der Waals surface area (Å²) in [6.45, 7) is 0. The summed E-state index contributed by atoms with van der Waals surface area (Å²) >= 11 is 0. The van der Waals surface area contributed by atoms with E-state index in [4.69, 9.17) is 0 Å². The Labute approximate surface area is 353 Å². The zero-order valence-corrected chi connectivity index (χ0v) is 32.4. The first-order valence-electron chi connectivity index (χ1n) is 19.2. The van der Waals surface area contributed by atoms with E-state index >= 15 is 0 Å². The smallest absolute Gasteiger partial charge is 0.208 e. The highest BCUT2D eigenvalue weighted by molar-refractivity contribution is 6.03. The highest BCUT2D eigenvalue weighted by Gasteiger charge is 2.31. The molecule has 0 aliphatic rings. The van der Waals surface area contributed by atoms with Gasteiger partial charge in [-0.1, -0.05) is 115 Å². The summed E-state index contributed by atoms with van der Waals surface area (Å²) in [5, 5.41) is 110. The zero-order chi connectivity index (χ0) is 43.4. The molecule has 0 unspecified atom stereocenters. The lowest BCUT2D eigenvalue weighted by molar-refractivity contribution is 0.329. The fourth-order valence-electron chi connectivity index (χ4n) is 7.84. The topological polar surface area (TPSA) is 209 Å². The minimum atomic E-state index is -1.06. The van der Waals surface area contributed by atoms with Crippen molar-refractivity contribution in [1.29, 1.82) is 0 Å². The number of benzene rings is 9. The molecular formula is C50H36N2O10. The Hall–Kier alpha value is -8.90. The molecule has 9 rings (SSSR count). The largest absolute Gasteiger partial charge is 0.503 e. The third kappa shape index (κ3) is 6.26. The first-order valence-corrected chi connectivity index (χ1v) is 19.2. The summed E-state index contributed by atoms with van der Waals surface area (Å²) in [6.07, 6.45) is 0. The molecule has 0 saturated heterocycles. The normalized spacial score (nSPS) is 11.2. The number of hydrogen-bond donors (Lipinski definition) is 10. The maximum absolute atomic E-state index is 11.1. The van der Waals surface area contributed by atoms with Gasteiger partial charge in [-0.25, -0.2) is 0 Å². The van der Waals surface area contributed by atoms with Crippen LogP contribution >= 0.6 is 0 Å². The maximum Gasteiger partial charge on any atom is 0.208 e. The average molecular weight is 825 g/mol. The van der Waals surface area contributed by atoms with Crippen molar-refractivity contribution in [3.8, 4) is 79.7 Å². The van der Waals surface area contributed by atoms with E-state index in [-0.39, 0.29) is 11.4 Å². The van der Waals surface area contributed by atoms with Crippen LogP contribution in [0.3, 0.4) is 0 Å². The van der Waals surface area contributed by atoms with Gasteiger partial charge in [-0.2, -0.15) is 0 Å². The van der Waals surface area contributed by atoms with Gasteiger partial charge in [0.1, 0.15) is 11.4 Å². The van der Waals surface area contributed by atoms with Crippen molar-refractivity contribution >= 4 is 55.7 Å². The molecule has 0 amide bonds. The summed E-state index contributed by atoms with van der Waals surface area (Å²) in [4.78, 5) is 2.96. The molecule has 62 heavy (non-hydrogen) atoms. The van der Waals surface area contributed by atoms with Crippen molar-refractivity contribution in [1.82, 2.24) is 0 Å². The van der Waals surface area contributed by atoms with Gasteiger partial charge in [0.05, 0.1) is 11.4 Å². The molecule has 10 N–H and O–H groups in total. The van der Waals surface area contributed by atoms with E-state index in [0.29, 0.717) is 22.7 Å². The second-order valence-electron chi connectivity index (χ2n) is 14.5. The number of hydrogen-bond acceptors (Lipinski definition) is 12. The highest BCUT2D eigenvalue weighted by atomic mass is 16.4. The minimum Gasteiger partial charge on any atom is -0.503 e. The molecule has 9 aromatic carbocycles. The van der Waals surface area contributed by atoms with Crippen molar-refractivity contribution in [2.24, 2.45) is 0 Å². The van der Waals surface area contributed by atoms with Crippen LogP contribution in [0.1, 0.15) is 0 Å². The Morgan fingerprint density at radius 2 is 0.565 bits per heavy atom. The molecule has 9 aromatic rings. The van der Waals surface area contributed by atoms with Crippen molar-refractivity contribution in [2.75, 3.05) is 9.80 Å². The summed E-state index contributed by atoms with van der Waals surface area (Å²) in [7, 11) is 0. The van der Waals surface area contributed by atoms with Crippen LogP contribution in [-0.2, 0) is 0 Å². The quantitative estimate of drug-likeness (QED) is 0.0513. The van der Waals surface area contributed by atoms with Gasteiger partial charge in [0.25, 0.3) is 0 Å². The van der Waals surface area contributed by atoms with Crippen molar-refractivity contribution in [3.63, 3.8) is 0 Å². The number of nitrogens with zero attached hydrogens (tertiary/aromatic N) is 2. The number of phenolic OH excluding ortho intramolecular Hbond substituents is 10. The standard InChI is InChI=1S/C50H36N2O10/c53-41-39(42(54)46(58)49(61)45(41)57)51(37-16-6-10-29-8-1-3-14-35(29)37)33-22-18-27(19-23-33)31-12-5-13-32(26-31)28-20-24-34(25-21-28)52(38-17-7-11-30-9-2-4-15-36(30)38)40-43(55)47(59)50(62)48(60)44(40)56/h1-26,53-62H.